The van der Waals surface area contributed by atoms with Gasteiger partial charge in [-0.3, -0.25) is 0 Å². The topological polar surface area (TPSA) is 38.7 Å². The van der Waals surface area contributed by atoms with Gasteiger partial charge in [0.1, 0.15) is 6.61 Å². The van der Waals surface area contributed by atoms with E-state index < -0.39 is 23.1 Å². The van der Waals surface area contributed by atoms with Gasteiger partial charge < -0.3 is 14.0 Å². The highest BCUT2D eigenvalue weighted by molar-refractivity contribution is 7.95. The van der Waals surface area contributed by atoms with Crippen LogP contribution in [0.15, 0.2) is 0 Å². The minimum absolute atomic E-state index is 0.0751. The molecule has 7 heteroatoms. The fourth-order valence-corrected chi connectivity index (χ4v) is 3.05. The van der Waals surface area contributed by atoms with Crippen LogP contribution in [0.4, 0.5) is 13.2 Å². The molecule has 0 fully saturated rings. The van der Waals surface area contributed by atoms with Crippen LogP contribution < -0.4 is 0 Å². The van der Waals surface area contributed by atoms with Crippen molar-refractivity contribution in [1.82, 2.24) is 0 Å². The van der Waals surface area contributed by atoms with Gasteiger partial charge in [0.15, 0.2) is 0 Å². The molecule has 162 valence electrons. The van der Waals surface area contributed by atoms with Crippen molar-refractivity contribution in [3.63, 3.8) is 0 Å². The van der Waals surface area contributed by atoms with Gasteiger partial charge in [0, 0.05) is 18.3 Å². The minimum atomic E-state index is -4.37. The van der Waals surface area contributed by atoms with Crippen molar-refractivity contribution in [2.75, 3.05) is 19.8 Å². The minimum Gasteiger partial charge on any atom is -0.371 e. The molecule has 1 N–H and O–H groups in total. The normalized spacial score (nSPS) is 14.1. The average molecular weight is 423 g/mol. The molecule has 0 aromatic rings. The lowest BCUT2D eigenvalue weighted by molar-refractivity contribution is -0.183. The van der Waals surface area contributed by atoms with E-state index >= 15 is 0 Å². The molecule has 0 rings (SSSR count). The maximum absolute atomic E-state index is 12.5. The third kappa shape index (κ3) is 11.2. The Morgan fingerprint density at radius 1 is 0.929 bits per heavy atom. The summed E-state index contributed by atoms with van der Waals surface area (Å²) in [6.07, 6.45) is -0.765. The lowest BCUT2D eigenvalue weighted by Gasteiger charge is -2.34. The van der Waals surface area contributed by atoms with Gasteiger partial charge in [0.05, 0.1) is 25.3 Å². The second kappa shape index (κ2) is 13.4. The third-order valence-electron chi connectivity index (χ3n) is 4.26. The number of hydrogen-bond acceptors (Lipinski definition) is 4. The van der Waals surface area contributed by atoms with Crippen LogP contribution in [-0.4, -0.2) is 35.5 Å². The Labute approximate surface area is 172 Å². The van der Waals surface area contributed by atoms with Gasteiger partial charge in [0.25, 0.3) is 4.93 Å². The monoisotopic (exact) mass is 422 g/mol. The molecule has 0 aliphatic carbocycles. The highest BCUT2D eigenvalue weighted by atomic mass is 32.2. The Kier molecular flexibility index (Phi) is 13.0. The van der Waals surface area contributed by atoms with E-state index in [1.807, 2.05) is 20.8 Å². The van der Waals surface area contributed by atoms with Crippen LogP contribution in [-0.2, 0) is 9.47 Å². The Balaban J connectivity index is 5.45. The van der Waals surface area contributed by atoms with E-state index in [0.717, 1.165) is 12.8 Å². The smallest absolute Gasteiger partial charge is 0.371 e. The second-order valence-corrected chi connectivity index (χ2v) is 7.87. The van der Waals surface area contributed by atoms with Gasteiger partial charge in [-0.25, -0.2) is 0 Å². The highest BCUT2D eigenvalue weighted by Crippen LogP contribution is 2.34. The van der Waals surface area contributed by atoms with Crippen molar-refractivity contribution in [2.45, 2.75) is 77.8 Å². The zero-order valence-corrected chi connectivity index (χ0v) is 18.4. The Morgan fingerprint density at radius 2 is 1.46 bits per heavy atom. The maximum Gasteiger partial charge on any atom is 0.411 e. The molecule has 0 spiro atoms. The third-order valence-corrected chi connectivity index (χ3v) is 4.84. The average Bonchev–Trinajstić information content (AvgIpc) is 2.65. The molecule has 0 heterocycles. The lowest BCUT2D eigenvalue weighted by atomic mass is 9.80. The van der Waals surface area contributed by atoms with E-state index in [9.17, 15) is 17.7 Å². The van der Waals surface area contributed by atoms with Crippen LogP contribution in [0.25, 0.3) is 0 Å². The quantitative estimate of drug-likeness (QED) is 0.246. The summed E-state index contributed by atoms with van der Waals surface area (Å²) in [7, 11) is 0. The largest absolute Gasteiger partial charge is 0.411 e. The van der Waals surface area contributed by atoms with Crippen LogP contribution in [0.3, 0.4) is 0 Å². The summed E-state index contributed by atoms with van der Waals surface area (Å²) in [4.78, 5) is -1.41. The molecular formula is C21H33F3O3S. The van der Waals surface area contributed by atoms with E-state index in [1.54, 1.807) is 0 Å². The second-order valence-electron chi connectivity index (χ2n) is 7.11. The molecule has 0 saturated carbocycles. The predicted molar refractivity (Wildman–Crippen MR) is 109 cm³/mol. The first-order chi connectivity index (χ1) is 13.1. The maximum atomic E-state index is 12.5. The lowest BCUT2D eigenvalue weighted by Crippen LogP contribution is -2.37. The summed E-state index contributed by atoms with van der Waals surface area (Å²) >= 11 is 0.406. The van der Waals surface area contributed by atoms with Gasteiger partial charge in [-0.05, 0) is 24.2 Å². The zero-order chi connectivity index (χ0) is 21.7. The molecular weight excluding hydrogens is 389 g/mol. The number of ether oxygens (including phenoxy) is 2. The SMILES string of the molecule is CCC#CC(C#CCC)(OCC(C)(COCC(F)(F)F)CC(CC)CC)SO. The van der Waals surface area contributed by atoms with E-state index in [0.29, 0.717) is 37.2 Å². The standard InChI is InChI=1S/C21H33F3O3S/c1-6-10-12-20(28-25,13-11-7-2)27-16-19(5,14-18(8-3)9-4)15-26-17-21(22,23)24/h18,25H,6-9,14-17H2,1-5H3. The molecule has 0 aliphatic rings. The molecule has 1 unspecified atom stereocenters. The number of hydrogen-bond donors (Lipinski definition) is 1. The van der Waals surface area contributed by atoms with E-state index in [2.05, 4.69) is 37.5 Å². The fraction of sp³-hybridized carbons (Fsp3) is 0.810. The van der Waals surface area contributed by atoms with Crippen LogP contribution in [0.1, 0.15) is 66.7 Å². The van der Waals surface area contributed by atoms with E-state index in [-0.39, 0.29) is 13.2 Å². The van der Waals surface area contributed by atoms with Crippen molar-refractivity contribution in [3.05, 3.63) is 0 Å². The summed E-state index contributed by atoms with van der Waals surface area (Å²) in [5.74, 6) is 11.8. The Bertz CT molecular complexity index is 531. The molecule has 0 aromatic carbocycles. The molecule has 0 aliphatic heterocycles. The molecule has 0 radical (unpaired) electrons. The van der Waals surface area contributed by atoms with Gasteiger partial charge in [0.2, 0.25) is 0 Å². The summed E-state index contributed by atoms with van der Waals surface area (Å²) in [6, 6.07) is 0. The first kappa shape index (κ1) is 27.1. The Morgan fingerprint density at radius 3 is 1.86 bits per heavy atom. The van der Waals surface area contributed by atoms with Crippen LogP contribution >= 0.6 is 12.0 Å². The summed E-state index contributed by atoms with van der Waals surface area (Å²) in [5.41, 5.74) is -0.662. The molecule has 0 amide bonds. The molecule has 0 aromatic heterocycles. The number of alkyl halides is 3. The van der Waals surface area contributed by atoms with Gasteiger partial charge in [-0.2, -0.15) is 13.2 Å². The van der Waals surface area contributed by atoms with Crippen LogP contribution in [0.5, 0.6) is 0 Å². The van der Waals surface area contributed by atoms with Gasteiger partial charge in [-0.15, -0.1) is 0 Å². The van der Waals surface area contributed by atoms with Crippen molar-refractivity contribution < 1.29 is 27.2 Å². The summed E-state index contributed by atoms with van der Waals surface area (Å²) in [6.45, 7) is 8.37. The Hall–Kier alpha value is -0.860. The molecule has 0 bridgehead atoms. The highest BCUT2D eigenvalue weighted by Gasteiger charge is 2.36. The molecule has 3 nitrogen and oxygen atoms in total. The van der Waals surface area contributed by atoms with Crippen molar-refractivity contribution in [1.29, 1.82) is 0 Å². The summed E-state index contributed by atoms with van der Waals surface area (Å²) in [5, 5.41) is 0. The van der Waals surface area contributed by atoms with Crippen molar-refractivity contribution in [3.8, 4) is 23.7 Å². The molecule has 1 atom stereocenters. The van der Waals surface area contributed by atoms with Crippen molar-refractivity contribution >= 4 is 12.0 Å². The van der Waals surface area contributed by atoms with E-state index in [4.69, 9.17) is 9.47 Å². The summed E-state index contributed by atoms with van der Waals surface area (Å²) < 4.78 is 58.2. The molecule has 0 saturated heterocycles. The predicted octanol–water partition coefficient (Wildman–Crippen LogP) is 6.14. The fourth-order valence-electron chi connectivity index (χ4n) is 2.71. The molecule has 28 heavy (non-hydrogen) atoms. The number of halogens is 3. The zero-order valence-electron chi connectivity index (χ0n) is 17.5. The van der Waals surface area contributed by atoms with Gasteiger partial charge in [-0.1, -0.05) is 59.3 Å². The van der Waals surface area contributed by atoms with Crippen LogP contribution in [0, 0.1) is 35.0 Å². The van der Waals surface area contributed by atoms with Crippen molar-refractivity contribution in [2.24, 2.45) is 11.3 Å². The number of rotatable bonds is 11. The first-order valence-corrected chi connectivity index (χ1v) is 10.5. The van der Waals surface area contributed by atoms with E-state index in [1.165, 1.54) is 0 Å². The first-order valence-electron chi connectivity index (χ1n) is 9.70. The van der Waals surface area contributed by atoms with Gasteiger partial charge >= 0.3 is 6.18 Å². The van der Waals surface area contributed by atoms with Crippen LogP contribution in [0.2, 0.25) is 0 Å².